The van der Waals surface area contributed by atoms with Crippen LogP contribution in [0.2, 0.25) is 0 Å². The molecule has 5 heteroatoms. The molecule has 2 aromatic heterocycles. The average molecular weight is 374 g/mol. The third-order valence-electron chi connectivity index (χ3n) is 5.29. The fourth-order valence-corrected chi connectivity index (χ4v) is 3.75. The number of nitrogens with zero attached hydrogens (tertiary/aromatic N) is 4. The van der Waals surface area contributed by atoms with Gasteiger partial charge in [-0.25, -0.2) is 9.97 Å². The molecule has 144 valence electrons. The molecule has 1 aliphatic heterocycles. The van der Waals surface area contributed by atoms with Gasteiger partial charge >= 0.3 is 0 Å². The molecule has 4 rings (SSSR count). The van der Waals surface area contributed by atoms with E-state index in [1.165, 1.54) is 16.8 Å². The van der Waals surface area contributed by atoms with Gasteiger partial charge in [0.1, 0.15) is 11.6 Å². The van der Waals surface area contributed by atoms with E-state index < -0.39 is 0 Å². The Labute approximate surface area is 166 Å². The largest absolute Gasteiger partial charge is 0.497 e. The zero-order valence-corrected chi connectivity index (χ0v) is 16.6. The first kappa shape index (κ1) is 18.6. The molecule has 0 saturated heterocycles. The van der Waals surface area contributed by atoms with Gasteiger partial charge in [0, 0.05) is 61.7 Å². The lowest BCUT2D eigenvalue weighted by atomic mass is 10.0. The molecule has 3 aromatic rings. The summed E-state index contributed by atoms with van der Waals surface area (Å²) in [5, 5.41) is 0. The number of rotatable bonds is 5. The summed E-state index contributed by atoms with van der Waals surface area (Å²) in [6.07, 6.45) is 6.53. The number of hydrogen-bond acceptors (Lipinski definition) is 5. The van der Waals surface area contributed by atoms with Crippen molar-refractivity contribution < 1.29 is 4.74 Å². The third kappa shape index (κ3) is 4.04. The van der Waals surface area contributed by atoms with Crippen molar-refractivity contribution in [3.8, 4) is 17.0 Å². The summed E-state index contributed by atoms with van der Waals surface area (Å²) in [7, 11) is 1.69. The molecule has 0 N–H and O–H groups in total. The maximum atomic E-state index is 5.31. The van der Waals surface area contributed by atoms with Crippen LogP contribution in [0.15, 0.2) is 48.8 Å². The number of methoxy groups -OCH3 is 1. The predicted molar refractivity (Wildman–Crippen MR) is 110 cm³/mol. The van der Waals surface area contributed by atoms with Gasteiger partial charge in [-0.3, -0.25) is 9.88 Å². The molecular weight excluding hydrogens is 348 g/mol. The van der Waals surface area contributed by atoms with Gasteiger partial charge in [-0.1, -0.05) is 13.0 Å². The van der Waals surface area contributed by atoms with Crippen LogP contribution in [0, 0.1) is 0 Å². The Morgan fingerprint density at radius 2 is 1.86 bits per heavy atom. The van der Waals surface area contributed by atoms with Crippen molar-refractivity contribution in [2.24, 2.45) is 0 Å². The van der Waals surface area contributed by atoms with Crippen LogP contribution in [0.5, 0.6) is 5.75 Å². The summed E-state index contributed by atoms with van der Waals surface area (Å²) < 4.78 is 5.31. The van der Waals surface area contributed by atoms with Crippen LogP contribution in [0.25, 0.3) is 11.3 Å². The first-order chi connectivity index (χ1) is 13.8. The first-order valence-electron chi connectivity index (χ1n) is 9.91. The number of fused-ring (bicyclic) bond motifs is 1. The number of aromatic nitrogens is 3. The minimum atomic E-state index is 0.843. The predicted octanol–water partition coefficient (Wildman–Crippen LogP) is 3.71. The van der Waals surface area contributed by atoms with Crippen LogP contribution in [-0.2, 0) is 25.8 Å². The van der Waals surface area contributed by atoms with E-state index in [1.54, 1.807) is 7.11 Å². The fraction of sp³-hybridized carbons (Fsp3) is 0.348. The Bertz CT molecular complexity index is 925. The summed E-state index contributed by atoms with van der Waals surface area (Å²) >= 11 is 0. The standard InChI is InChI=1S/C23H26N4O/c1-3-22-25-21-11-14-27(16-17-5-4-12-24-15-17)13-10-20(21)23(26-22)18-6-8-19(28-2)9-7-18/h4-9,12,15H,3,10-11,13-14,16H2,1-2H3. The van der Waals surface area contributed by atoms with Crippen LogP contribution in [0.4, 0.5) is 0 Å². The molecule has 0 aliphatic carbocycles. The Balaban J connectivity index is 1.63. The van der Waals surface area contributed by atoms with Crippen molar-refractivity contribution in [2.75, 3.05) is 20.2 Å². The van der Waals surface area contributed by atoms with E-state index in [0.717, 1.165) is 61.7 Å². The minimum Gasteiger partial charge on any atom is -0.497 e. The highest BCUT2D eigenvalue weighted by Gasteiger charge is 2.21. The lowest BCUT2D eigenvalue weighted by Crippen LogP contribution is -2.26. The monoisotopic (exact) mass is 374 g/mol. The lowest BCUT2D eigenvalue weighted by molar-refractivity contribution is 0.278. The van der Waals surface area contributed by atoms with Crippen LogP contribution in [0.1, 0.15) is 29.6 Å². The Kier molecular flexibility index (Phi) is 5.63. The molecule has 0 radical (unpaired) electrons. The highest BCUT2D eigenvalue weighted by molar-refractivity contribution is 5.65. The molecule has 0 fully saturated rings. The van der Waals surface area contributed by atoms with E-state index in [1.807, 2.05) is 30.6 Å². The molecule has 0 atom stereocenters. The summed E-state index contributed by atoms with van der Waals surface area (Å²) in [4.78, 5) is 16.5. The molecule has 3 heterocycles. The molecule has 0 spiro atoms. The Morgan fingerprint density at radius 3 is 2.57 bits per heavy atom. The van der Waals surface area contributed by atoms with Gasteiger partial charge in [0.05, 0.1) is 12.8 Å². The molecule has 0 saturated carbocycles. The Morgan fingerprint density at radius 1 is 1.04 bits per heavy atom. The fourth-order valence-electron chi connectivity index (χ4n) is 3.75. The number of ether oxygens (including phenoxy) is 1. The third-order valence-corrected chi connectivity index (χ3v) is 5.29. The van der Waals surface area contributed by atoms with Gasteiger partial charge in [-0.15, -0.1) is 0 Å². The number of aryl methyl sites for hydroxylation is 1. The maximum Gasteiger partial charge on any atom is 0.129 e. The summed E-state index contributed by atoms with van der Waals surface area (Å²) in [5.41, 5.74) is 5.95. The zero-order valence-electron chi connectivity index (χ0n) is 16.6. The average Bonchev–Trinajstić information content (AvgIpc) is 2.96. The molecule has 0 unspecified atom stereocenters. The maximum absolute atomic E-state index is 5.31. The van der Waals surface area contributed by atoms with Crippen molar-refractivity contribution in [1.82, 2.24) is 19.9 Å². The van der Waals surface area contributed by atoms with Crippen LogP contribution in [0.3, 0.4) is 0 Å². The van der Waals surface area contributed by atoms with Crippen LogP contribution in [-0.4, -0.2) is 40.1 Å². The minimum absolute atomic E-state index is 0.843. The van der Waals surface area contributed by atoms with Crippen LogP contribution < -0.4 is 4.74 Å². The van der Waals surface area contributed by atoms with E-state index in [9.17, 15) is 0 Å². The van der Waals surface area contributed by atoms with Crippen molar-refractivity contribution in [3.63, 3.8) is 0 Å². The second-order valence-electron chi connectivity index (χ2n) is 7.13. The number of benzene rings is 1. The highest BCUT2D eigenvalue weighted by atomic mass is 16.5. The first-order valence-corrected chi connectivity index (χ1v) is 9.91. The van der Waals surface area contributed by atoms with E-state index in [0.29, 0.717) is 0 Å². The smallest absolute Gasteiger partial charge is 0.129 e. The molecule has 0 amide bonds. The SMILES string of the molecule is CCc1nc2c(c(-c3ccc(OC)cc3)n1)CCN(Cc1cccnc1)CC2. The van der Waals surface area contributed by atoms with E-state index in [2.05, 4.69) is 35.0 Å². The van der Waals surface area contributed by atoms with Crippen molar-refractivity contribution in [1.29, 1.82) is 0 Å². The molecule has 0 bridgehead atoms. The van der Waals surface area contributed by atoms with Gasteiger partial charge in [0.25, 0.3) is 0 Å². The van der Waals surface area contributed by atoms with Crippen LogP contribution >= 0.6 is 0 Å². The van der Waals surface area contributed by atoms with Crippen molar-refractivity contribution in [2.45, 2.75) is 32.7 Å². The number of hydrogen-bond donors (Lipinski definition) is 0. The van der Waals surface area contributed by atoms with Gasteiger partial charge in [-0.2, -0.15) is 0 Å². The quantitative estimate of drug-likeness (QED) is 0.681. The topological polar surface area (TPSA) is 51.1 Å². The summed E-state index contributed by atoms with van der Waals surface area (Å²) in [6, 6.07) is 12.3. The zero-order chi connectivity index (χ0) is 19.3. The molecule has 28 heavy (non-hydrogen) atoms. The van der Waals surface area contributed by atoms with Gasteiger partial charge < -0.3 is 4.74 Å². The molecule has 5 nitrogen and oxygen atoms in total. The van der Waals surface area contributed by atoms with Gasteiger partial charge in [0.2, 0.25) is 0 Å². The second kappa shape index (κ2) is 8.48. The lowest BCUT2D eigenvalue weighted by Gasteiger charge is -2.19. The summed E-state index contributed by atoms with van der Waals surface area (Å²) in [5.74, 6) is 1.78. The van der Waals surface area contributed by atoms with E-state index in [4.69, 9.17) is 14.7 Å². The number of pyridine rings is 1. The van der Waals surface area contributed by atoms with Crippen molar-refractivity contribution >= 4 is 0 Å². The van der Waals surface area contributed by atoms with E-state index >= 15 is 0 Å². The van der Waals surface area contributed by atoms with Crippen molar-refractivity contribution in [3.05, 3.63) is 71.4 Å². The Hall–Kier alpha value is -2.79. The highest BCUT2D eigenvalue weighted by Crippen LogP contribution is 2.28. The molecular formula is C23H26N4O. The normalized spacial score (nSPS) is 14.4. The molecule has 1 aromatic carbocycles. The van der Waals surface area contributed by atoms with Gasteiger partial charge in [0.15, 0.2) is 0 Å². The summed E-state index contributed by atoms with van der Waals surface area (Å²) in [6.45, 7) is 5.04. The second-order valence-corrected chi connectivity index (χ2v) is 7.13. The van der Waals surface area contributed by atoms with Gasteiger partial charge in [-0.05, 0) is 42.3 Å². The molecule has 1 aliphatic rings. The van der Waals surface area contributed by atoms with E-state index in [-0.39, 0.29) is 0 Å².